The molecule has 0 bridgehead atoms. The Hall–Kier alpha value is -3.54. The Morgan fingerprint density at radius 1 is 0.962 bits per heavy atom. The van der Waals surface area contributed by atoms with Crippen LogP contribution in [0.4, 0.5) is 0 Å². The normalized spacial score (nSPS) is 11.3. The molecule has 0 aliphatic heterocycles. The molecule has 0 radical (unpaired) electrons. The van der Waals surface area contributed by atoms with Crippen LogP contribution in [0.15, 0.2) is 53.6 Å². The molecule has 0 saturated heterocycles. The molecule has 3 aromatic heterocycles. The van der Waals surface area contributed by atoms with E-state index in [9.17, 15) is 0 Å². The molecule has 0 spiro atoms. The number of nitrogens with one attached hydrogen (secondary N) is 1. The molecule has 1 N–H and O–H groups in total. The van der Waals surface area contributed by atoms with E-state index >= 15 is 0 Å². The van der Waals surface area contributed by atoms with Crippen molar-refractivity contribution in [3.05, 3.63) is 71.4 Å². The van der Waals surface area contributed by atoms with Crippen LogP contribution in [0.25, 0.3) is 34.7 Å². The number of nitrogens with zero attached hydrogens (tertiary/aromatic N) is 4. The maximum atomic E-state index is 5.19. The number of aryl methyl sites for hydroxylation is 2. The summed E-state index contributed by atoms with van der Waals surface area (Å²) in [5.74, 6) is 0.532. The number of aromatic nitrogens is 5. The fourth-order valence-electron chi connectivity index (χ4n) is 2.97. The molecule has 0 fully saturated rings. The molecule has 6 nitrogen and oxygen atoms in total. The maximum absolute atomic E-state index is 5.19. The van der Waals surface area contributed by atoms with Gasteiger partial charge in [-0.15, -0.1) is 10.2 Å². The molecule has 4 aromatic rings. The van der Waals surface area contributed by atoms with Crippen LogP contribution < -0.4 is 0 Å². The molecule has 3 heterocycles. The van der Waals surface area contributed by atoms with E-state index < -0.39 is 0 Å². The molecule has 0 atom stereocenters. The predicted molar refractivity (Wildman–Crippen MR) is 100.0 cm³/mol. The van der Waals surface area contributed by atoms with Crippen molar-refractivity contribution in [2.24, 2.45) is 0 Å². The number of hydrogen-bond acceptors (Lipinski definition) is 5. The van der Waals surface area contributed by atoms with Gasteiger partial charge in [0.1, 0.15) is 0 Å². The molecule has 0 aliphatic carbocycles. The van der Waals surface area contributed by atoms with E-state index in [1.165, 1.54) is 16.7 Å². The van der Waals surface area contributed by atoms with Gasteiger partial charge < -0.3 is 4.42 Å². The van der Waals surface area contributed by atoms with Crippen molar-refractivity contribution in [1.82, 2.24) is 25.6 Å². The molecular formula is C20H17N5O. The smallest absolute Gasteiger partial charge is 0.206 e. The minimum atomic E-state index is 0.532. The highest BCUT2D eigenvalue weighted by molar-refractivity contribution is 5.76. The maximum Gasteiger partial charge on any atom is 0.206 e. The van der Waals surface area contributed by atoms with Gasteiger partial charge in [-0.2, -0.15) is 5.21 Å². The van der Waals surface area contributed by atoms with Gasteiger partial charge in [-0.25, -0.2) is 0 Å². The second-order valence-corrected chi connectivity index (χ2v) is 6.11. The van der Waals surface area contributed by atoms with Gasteiger partial charge in [-0.05, 0) is 59.0 Å². The molecule has 0 unspecified atom stereocenters. The number of tetrazole rings is 1. The largest absolute Gasteiger partial charge is 0.472 e. The van der Waals surface area contributed by atoms with Gasteiger partial charge in [-0.3, -0.25) is 4.98 Å². The van der Waals surface area contributed by atoms with Crippen molar-refractivity contribution in [2.45, 2.75) is 13.8 Å². The zero-order chi connectivity index (χ0) is 17.9. The van der Waals surface area contributed by atoms with Gasteiger partial charge >= 0.3 is 0 Å². The van der Waals surface area contributed by atoms with Crippen LogP contribution >= 0.6 is 0 Å². The summed E-state index contributed by atoms with van der Waals surface area (Å²) >= 11 is 0. The van der Waals surface area contributed by atoms with Gasteiger partial charge in [0.25, 0.3) is 0 Å². The van der Waals surface area contributed by atoms with Crippen molar-refractivity contribution < 1.29 is 4.42 Å². The first-order valence-electron chi connectivity index (χ1n) is 8.21. The monoisotopic (exact) mass is 343 g/mol. The lowest BCUT2D eigenvalue weighted by Crippen LogP contribution is -1.89. The Labute approximate surface area is 150 Å². The van der Waals surface area contributed by atoms with Gasteiger partial charge in [-0.1, -0.05) is 24.3 Å². The summed E-state index contributed by atoms with van der Waals surface area (Å²) in [5, 5.41) is 14.0. The first kappa shape index (κ1) is 16.0. The lowest BCUT2D eigenvalue weighted by atomic mass is 9.96. The fourth-order valence-corrected chi connectivity index (χ4v) is 2.97. The van der Waals surface area contributed by atoms with E-state index in [-0.39, 0.29) is 0 Å². The van der Waals surface area contributed by atoms with Crippen LogP contribution in [0.2, 0.25) is 0 Å². The SMILES string of the molecule is Cc1cc(-c2ccoc2)cc(C)c1/C=C/c1cncc(-c2nn[nH]n2)c1. The van der Waals surface area contributed by atoms with E-state index in [0.29, 0.717) is 5.82 Å². The van der Waals surface area contributed by atoms with E-state index in [4.69, 9.17) is 4.42 Å². The number of H-pyrrole nitrogens is 1. The van der Waals surface area contributed by atoms with Crippen LogP contribution in [-0.2, 0) is 0 Å². The topological polar surface area (TPSA) is 80.5 Å². The third-order valence-electron chi connectivity index (χ3n) is 4.25. The molecule has 128 valence electrons. The Morgan fingerprint density at radius 3 is 2.50 bits per heavy atom. The number of pyridine rings is 1. The van der Waals surface area contributed by atoms with Gasteiger partial charge in [0.05, 0.1) is 12.5 Å². The van der Waals surface area contributed by atoms with E-state index in [1.54, 1.807) is 18.7 Å². The summed E-state index contributed by atoms with van der Waals surface area (Å²) in [5.41, 5.74) is 7.66. The second kappa shape index (κ2) is 6.76. The van der Waals surface area contributed by atoms with Gasteiger partial charge in [0, 0.05) is 23.5 Å². The van der Waals surface area contributed by atoms with Crippen molar-refractivity contribution in [2.75, 3.05) is 0 Å². The van der Waals surface area contributed by atoms with Crippen LogP contribution in [0.3, 0.4) is 0 Å². The minimum Gasteiger partial charge on any atom is -0.472 e. The van der Waals surface area contributed by atoms with Crippen LogP contribution in [-0.4, -0.2) is 25.6 Å². The number of rotatable bonds is 4. The van der Waals surface area contributed by atoms with Crippen molar-refractivity contribution in [3.63, 3.8) is 0 Å². The number of furan rings is 1. The Balaban J connectivity index is 1.64. The standard InChI is InChI=1S/C20H17N5O/c1-13-7-17(16-5-6-26-12-16)8-14(2)19(13)4-3-15-9-18(11-21-10-15)20-22-24-25-23-20/h3-12H,1-2H3,(H,22,23,24,25)/b4-3+. The molecule has 0 amide bonds. The van der Waals surface area contributed by atoms with Crippen LogP contribution in [0, 0.1) is 13.8 Å². The third-order valence-corrected chi connectivity index (χ3v) is 4.25. The molecule has 0 aliphatic rings. The third kappa shape index (κ3) is 3.17. The fraction of sp³-hybridized carbons (Fsp3) is 0.100. The average Bonchev–Trinajstić information content (AvgIpc) is 3.35. The summed E-state index contributed by atoms with van der Waals surface area (Å²) in [6, 6.07) is 8.30. The van der Waals surface area contributed by atoms with Crippen molar-refractivity contribution >= 4 is 12.2 Å². The van der Waals surface area contributed by atoms with Crippen LogP contribution in [0.1, 0.15) is 22.3 Å². The molecule has 0 saturated carbocycles. The second-order valence-electron chi connectivity index (χ2n) is 6.11. The summed E-state index contributed by atoms with van der Waals surface area (Å²) in [6.45, 7) is 4.23. The van der Waals surface area contributed by atoms with E-state index in [1.807, 2.05) is 24.4 Å². The number of hydrogen-bond donors (Lipinski definition) is 1. The molecule has 26 heavy (non-hydrogen) atoms. The van der Waals surface area contributed by atoms with Gasteiger partial charge in [0.15, 0.2) is 0 Å². The highest BCUT2D eigenvalue weighted by Gasteiger charge is 2.06. The Kier molecular flexibility index (Phi) is 4.15. The number of aromatic amines is 1. The van der Waals surface area contributed by atoms with Crippen LogP contribution in [0.5, 0.6) is 0 Å². The van der Waals surface area contributed by atoms with E-state index in [2.05, 4.69) is 57.7 Å². The number of benzene rings is 1. The summed E-state index contributed by atoms with van der Waals surface area (Å²) < 4.78 is 5.19. The quantitative estimate of drug-likeness (QED) is 0.597. The minimum absolute atomic E-state index is 0.532. The zero-order valence-corrected chi connectivity index (χ0v) is 14.5. The predicted octanol–water partition coefficient (Wildman–Crippen LogP) is 4.31. The Bertz CT molecular complexity index is 1030. The Morgan fingerprint density at radius 2 is 1.81 bits per heavy atom. The highest BCUT2D eigenvalue weighted by Crippen LogP contribution is 2.27. The molecule has 6 heteroatoms. The highest BCUT2D eigenvalue weighted by atomic mass is 16.3. The first-order valence-corrected chi connectivity index (χ1v) is 8.21. The zero-order valence-electron chi connectivity index (χ0n) is 14.5. The molecule has 4 rings (SSSR count). The summed E-state index contributed by atoms with van der Waals surface area (Å²) in [4.78, 5) is 4.26. The van der Waals surface area contributed by atoms with Gasteiger partial charge in [0.2, 0.25) is 5.82 Å². The molecular weight excluding hydrogens is 326 g/mol. The van der Waals surface area contributed by atoms with Crippen molar-refractivity contribution in [3.8, 4) is 22.5 Å². The average molecular weight is 343 g/mol. The lowest BCUT2D eigenvalue weighted by Gasteiger charge is -2.09. The summed E-state index contributed by atoms with van der Waals surface area (Å²) in [6.07, 6.45) is 11.1. The van der Waals surface area contributed by atoms with Crippen molar-refractivity contribution in [1.29, 1.82) is 0 Å². The molecule has 1 aromatic carbocycles. The lowest BCUT2D eigenvalue weighted by molar-refractivity contribution is 0.568. The summed E-state index contributed by atoms with van der Waals surface area (Å²) in [7, 11) is 0. The first-order chi connectivity index (χ1) is 12.7. The van der Waals surface area contributed by atoms with E-state index in [0.717, 1.165) is 22.3 Å².